The average Bonchev–Trinajstić information content (AvgIpc) is 3.18. The fraction of sp³-hybridized carbons (Fsp3) is 0.444. The Kier molecular flexibility index (Phi) is 7.27. The lowest BCUT2D eigenvalue weighted by Gasteiger charge is -2.19. The smallest absolute Gasteiger partial charge is 0.421 e. The second kappa shape index (κ2) is 9.45. The summed E-state index contributed by atoms with van der Waals surface area (Å²) in [6.07, 6.45) is -1.84. The average molecular weight is 400 g/mol. The number of hydrogen-bond acceptors (Lipinski definition) is 5. The Labute approximate surface area is 160 Å². The molecule has 0 aliphatic carbocycles. The van der Waals surface area contributed by atoms with Gasteiger partial charge in [-0.05, 0) is 38.1 Å². The van der Waals surface area contributed by atoms with Crippen LogP contribution in [0.4, 0.5) is 13.2 Å². The molecule has 10 heteroatoms. The number of nitrogens with zero attached hydrogens (tertiary/aromatic N) is 2. The largest absolute Gasteiger partial charge is 0.475 e. The topological polar surface area (TPSA) is 91.9 Å². The molecule has 2 rings (SSSR count). The summed E-state index contributed by atoms with van der Waals surface area (Å²) >= 11 is 0. The number of pyridine rings is 1. The molecule has 1 atom stereocenters. The van der Waals surface area contributed by atoms with Gasteiger partial charge in [0, 0.05) is 12.7 Å². The van der Waals surface area contributed by atoms with Crippen LogP contribution in [0.5, 0.6) is 5.88 Å². The molecule has 0 radical (unpaired) electrons. The van der Waals surface area contributed by atoms with Crippen LogP contribution in [0.1, 0.15) is 25.2 Å². The molecule has 154 valence electrons. The van der Waals surface area contributed by atoms with Crippen molar-refractivity contribution in [2.75, 3.05) is 26.2 Å². The minimum Gasteiger partial charge on any atom is -0.475 e. The molecule has 7 nitrogen and oxygen atoms in total. The van der Waals surface area contributed by atoms with E-state index in [2.05, 4.69) is 20.6 Å². The zero-order chi connectivity index (χ0) is 20.6. The van der Waals surface area contributed by atoms with Crippen LogP contribution in [0.25, 0.3) is 0 Å². The quantitative estimate of drug-likeness (QED) is 0.358. The molecule has 0 bridgehead atoms. The third-order valence-electron chi connectivity index (χ3n) is 3.65. The predicted octanol–water partition coefficient (Wildman–Crippen LogP) is 2.54. The maximum atomic E-state index is 12.9. The first kappa shape index (κ1) is 21.5. The summed E-state index contributed by atoms with van der Waals surface area (Å²) in [7, 11) is 0. The first-order chi connectivity index (χ1) is 13.2. The molecule has 3 N–H and O–H groups in total. The van der Waals surface area contributed by atoms with Crippen LogP contribution in [-0.4, -0.2) is 42.3 Å². The standard InChI is InChI=1S/C18H23F3N4O3/c1-3-22-16(25-12-17(2,26)14-7-5-10-27-14)24-9-11-28-15-13(18(19,20)21)6-4-8-23-15/h4-8,10,26H,3,9,11-12H2,1-2H3,(H2,22,24,25). The summed E-state index contributed by atoms with van der Waals surface area (Å²) in [6.45, 7) is 4.15. The molecule has 2 heterocycles. The van der Waals surface area contributed by atoms with Crippen LogP contribution in [-0.2, 0) is 11.8 Å². The van der Waals surface area contributed by atoms with Gasteiger partial charge in [0.05, 0.1) is 19.4 Å². The molecule has 0 aliphatic heterocycles. The molecular formula is C18H23F3N4O3. The Balaban J connectivity index is 1.90. The highest BCUT2D eigenvalue weighted by atomic mass is 19.4. The Morgan fingerprint density at radius 1 is 1.29 bits per heavy atom. The molecule has 2 aromatic rings. The summed E-state index contributed by atoms with van der Waals surface area (Å²) in [5, 5.41) is 16.3. The fourth-order valence-corrected chi connectivity index (χ4v) is 2.28. The molecule has 2 aromatic heterocycles. The lowest BCUT2D eigenvalue weighted by Crippen LogP contribution is -2.40. The van der Waals surface area contributed by atoms with Crippen molar-refractivity contribution in [1.29, 1.82) is 0 Å². The highest BCUT2D eigenvalue weighted by molar-refractivity contribution is 5.79. The number of rotatable bonds is 8. The number of aromatic nitrogens is 1. The van der Waals surface area contributed by atoms with Crippen molar-refractivity contribution in [3.63, 3.8) is 0 Å². The Morgan fingerprint density at radius 2 is 2.07 bits per heavy atom. The van der Waals surface area contributed by atoms with Crippen LogP contribution >= 0.6 is 0 Å². The number of guanidine groups is 1. The maximum Gasteiger partial charge on any atom is 0.421 e. The zero-order valence-corrected chi connectivity index (χ0v) is 15.6. The summed E-state index contributed by atoms with van der Waals surface area (Å²) in [5.41, 5.74) is -2.22. The van der Waals surface area contributed by atoms with Crippen LogP contribution in [0.15, 0.2) is 46.1 Å². The van der Waals surface area contributed by atoms with Crippen molar-refractivity contribution >= 4 is 5.96 Å². The number of nitrogens with one attached hydrogen (secondary N) is 2. The molecule has 0 amide bonds. The summed E-state index contributed by atoms with van der Waals surface area (Å²) in [4.78, 5) is 7.91. The van der Waals surface area contributed by atoms with E-state index in [0.717, 1.165) is 6.07 Å². The van der Waals surface area contributed by atoms with E-state index in [1.54, 1.807) is 19.1 Å². The molecule has 0 saturated carbocycles. The van der Waals surface area contributed by atoms with E-state index in [1.807, 2.05) is 6.92 Å². The third kappa shape index (κ3) is 6.15. The Morgan fingerprint density at radius 3 is 2.71 bits per heavy atom. The molecule has 28 heavy (non-hydrogen) atoms. The van der Waals surface area contributed by atoms with Crippen LogP contribution < -0.4 is 15.4 Å². The van der Waals surface area contributed by atoms with Crippen molar-refractivity contribution in [2.45, 2.75) is 25.6 Å². The van der Waals surface area contributed by atoms with Gasteiger partial charge in [0.25, 0.3) is 0 Å². The van der Waals surface area contributed by atoms with Crippen LogP contribution in [0, 0.1) is 0 Å². The van der Waals surface area contributed by atoms with Gasteiger partial charge in [-0.2, -0.15) is 13.2 Å². The second-order valence-electron chi connectivity index (χ2n) is 6.08. The van der Waals surface area contributed by atoms with Crippen molar-refractivity contribution in [1.82, 2.24) is 15.6 Å². The van der Waals surface area contributed by atoms with E-state index in [1.165, 1.54) is 18.5 Å². The van der Waals surface area contributed by atoms with Crippen molar-refractivity contribution in [2.24, 2.45) is 4.99 Å². The summed E-state index contributed by atoms with van der Waals surface area (Å²) in [5.74, 6) is 0.291. The lowest BCUT2D eigenvalue weighted by atomic mass is 10.0. The normalized spacial score (nSPS) is 14.4. The zero-order valence-electron chi connectivity index (χ0n) is 15.6. The molecule has 0 spiro atoms. The lowest BCUT2D eigenvalue weighted by molar-refractivity contribution is -0.139. The number of alkyl halides is 3. The molecule has 0 saturated heterocycles. The number of furan rings is 1. The fourth-order valence-electron chi connectivity index (χ4n) is 2.28. The van der Waals surface area contributed by atoms with Gasteiger partial charge < -0.3 is 24.9 Å². The number of ether oxygens (including phenoxy) is 1. The molecular weight excluding hydrogens is 377 g/mol. The van der Waals surface area contributed by atoms with Crippen molar-refractivity contribution in [3.05, 3.63) is 48.0 Å². The Hall–Kier alpha value is -2.75. The van der Waals surface area contributed by atoms with E-state index < -0.39 is 23.2 Å². The van der Waals surface area contributed by atoms with E-state index in [-0.39, 0.29) is 19.7 Å². The van der Waals surface area contributed by atoms with Gasteiger partial charge in [-0.25, -0.2) is 9.98 Å². The molecule has 0 fully saturated rings. The maximum absolute atomic E-state index is 12.9. The first-order valence-electron chi connectivity index (χ1n) is 8.67. The van der Waals surface area contributed by atoms with Gasteiger partial charge in [-0.15, -0.1) is 0 Å². The van der Waals surface area contributed by atoms with Gasteiger partial charge >= 0.3 is 6.18 Å². The van der Waals surface area contributed by atoms with Gasteiger partial charge in [0.2, 0.25) is 5.88 Å². The van der Waals surface area contributed by atoms with E-state index in [0.29, 0.717) is 18.3 Å². The SMILES string of the molecule is CCNC(=NCC(C)(O)c1ccco1)NCCOc1ncccc1C(F)(F)F. The summed E-state index contributed by atoms with van der Waals surface area (Å²) < 4.78 is 49.1. The van der Waals surface area contributed by atoms with Crippen LogP contribution in [0.2, 0.25) is 0 Å². The van der Waals surface area contributed by atoms with Crippen LogP contribution in [0.3, 0.4) is 0 Å². The van der Waals surface area contributed by atoms with E-state index in [9.17, 15) is 18.3 Å². The van der Waals surface area contributed by atoms with Gasteiger partial charge in [0.1, 0.15) is 23.5 Å². The molecule has 0 aromatic carbocycles. The highest BCUT2D eigenvalue weighted by Gasteiger charge is 2.35. The van der Waals surface area contributed by atoms with E-state index >= 15 is 0 Å². The highest BCUT2D eigenvalue weighted by Crippen LogP contribution is 2.34. The number of halogens is 3. The Bertz CT molecular complexity index is 762. The predicted molar refractivity (Wildman–Crippen MR) is 97.0 cm³/mol. The van der Waals surface area contributed by atoms with Gasteiger partial charge in [-0.1, -0.05) is 0 Å². The third-order valence-corrected chi connectivity index (χ3v) is 3.65. The number of aliphatic imine (C=N–C) groups is 1. The monoisotopic (exact) mass is 400 g/mol. The number of aliphatic hydroxyl groups is 1. The van der Waals surface area contributed by atoms with Crippen molar-refractivity contribution in [3.8, 4) is 5.88 Å². The minimum absolute atomic E-state index is 0.0230. The molecule has 1 unspecified atom stereocenters. The number of hydrogen-bond donors (Lipinski definition) is 3. The second-order valence-corrected chi connectivity index (χ2v) is 6.08. The van der Waals surface area contributed by atoms with Gasteiger partial charge in [0.15, 0.2) is 5.96 Å². The molecule has 0 aliphatic rings. The summed E-state index contributed by atoms with van der Waals surface area (Å²) in [6, 6.07) is 5.43. The first-order valence-corrected chi connectivity index (χ1v) is 8.67. The van der Waals surface area contributed by atoms with E-state index in [4.69, 9.17) is 9.15 Å². The minimum atomic E-state index is -4.54. The van der Waals surface area contributed by atoms with Gasteiger partial charge in [-0.3, -0.25) is 0 Å². The van der Waals surface area contributed by atoms with Crippen molar-refractivity contribution < 1.29 is 27.4 Å².